The smallest absolute Gasteiger partial charge is 0.276 e. The van der Waals surface area contributed by atoms with E-state index in [9.17, 15) is 8.42 Å². The van der Waals surface area contributed by atoms with Crippen molar-refractivity contribution in [3.63, 3.8) is 0 Å². The quantitative estimate of drug-likeness (QED) is 0.624. The average molecular weight is 236 g/mol. The van der Waals surface area contributed by atoms with Crippen molar-refractivity contribution in [3.05, 3.63) is 0 Å². The molecule has 6 nitrogen and oxygen atoms in total. The molecular formula is C8H20N4O2S. The fourth-order valence-electron chi connectivity index (χ4n) is 1.74. The number of nitrogens with two attached hydrogens (primary N) is 2. The fourth-order valence-corrected chi connectivity index (χ4v) is 2.46. The van der Waals surface area contributed by atoms with Gasteiger partial charge in [0.05, 0.1) is 0 Å². The Morgan fingerprint density at radius 3 is 2.47 bits per heavy atom. The molecule has 4 N–H and O–H groups in total. The lowest BCUT2D eigenvalue weighted by molar-refractivity contribution is 0.285. The first-order chi connectivity index (χ1) is 7.04. The third-order valence-corrected chi connectivity index (χ3v) is 3.67. The molecular weight excluding hydrogens is 216 g/mol. The third-order valence-electron chi connectivity index (χ3n) is 2.59. The molecule has 1 fully saturated rings. The second kappa shape index (κ2) is 5.76. The minimum absolute atomic E-state index is 0.489. The van der Waals surface area contributed by atoms with E-state index in [1.165, 1.54) is 4.31 Å². The lowest BCUT2D eigenvalue weighted by Crippen LogP contribution is -2.39. The summed E-state index contributed by atoms with van der Waals surface area (Å²) in [5.41, 5.74) is 5.43. The molecule has 0 saturated carbocycles. The van der Waals surface area contributed by atoms with Crippen LogP contribution in [-0.2, 0) is 10.2 Å². The maximum absolute atomic E-state index is 11.1. The molecule has 15 heavy (non-hydrogen) atoms. The van der Waals surface area contributed by atoms with Crippen molar-refractivity contribution in [2.75, 3.05) is 39.3 Å². The monoisotopic (exact) mass is 236 g/mol. The van der Waals surface area contributed by atoms with Crippen LogP contribution >= 0.6 is 0 Å². The Morgan fingerprint density at radius 1 is 1.13 bits per heavy atom. The predicted molar refractivity (Wildman–Crippen MR) is 59.4 cm³/mol. The summed E-state index contributed by atoms with van der Waals surface area (Å²) in [5, 5.41) is 5.08. The van der Waals surface area contributed by atoms with Gasteiger partial charge in [-0.25, -0.2) is 5.14 Å². The van der Waals surface area contributed by atoms with Gasteiger partial charge in [0.2, 0.25) is 0 Å². The van der Waals surface area contributed by atoms with E-state index >= 15 is 0 Å². The van der Waals surface area contributed by atoms with Crippen molar-refractivity contribution in [3.8, 4) is 0 Å². The van der Waals surface area contributed by atoms with Crippen molar-refractivity contribution >= 4 is 10.2 Å². The highest BCUT2D eigenvalue weighted by Crippen LogP contribution is 2.05. The lowest BCUT2D eigenvalue weighted by atomic mass is 10.3. The predicted octanol–water partition coefficient (Wildman–Crippen LogP) is -1.45. The Morgan fingerprint density at radius 2 is 1.87 bits per heavy atom. The minimum Gasteiger partial charge on any atom is -0.330 e. The van der Waals surface area contributed by atoms with Crippen LogP contribution in [0.2, 0.25) is 0 Å². The molecule has 1 aliphatic rings. The molecule has 1 heterocycles. The number of hydrogen-bond acceptors (Lipinski definition) is 4. The summed E-state index contributed by atoms with van der Waals surface area (Å²) in [6.45, 7) is 4.30. The van der Waals surface area contributed by atoms with E-state index in [2.05, 4.69) is 4.90 Å². The van der Waals surface area contributed by atoms with Crippen molar-refractivity contribution < 1.29 is 8.42 Å². The van der Waals surface area contributed by atoms with Crippen LogP contribution in [0.15, 0.2) is 0 Å². The molecule has 1 saturated heterocycles. The Labute approximate surface area is 91.4 Å². The Kier molecular flexibility index (Phi) is 4.94. The largest absolute Gasteiger partial charge is 0.330 e. The Hall–Kier alpha value is -0.210. The average Bonchev–Trinajstić information content (AvgIpc) is 2.38. The summed E-state index contributed by atoms with van der Waals surface area (Å²) >= 11 is 0. The van der Waals surface area contributed by atoms with Crippen LogP contribution < -0.4 is 10.9 Å². The maximum Gasteiger partial charge on any atom is 0.276 e. The fraction of sp³-hybridized carbons (Fsp3) is 1.00. The van der Waals surface area contributed by atoms with Crippen LogP contribution in [-0.4, -0.2) is 56.9 Å². The third kappa shape index (κ3) is 4.43. The second-order valence-electron chi connectivity index (χ2n) is 3.78. The summed E-state index contributed by atoms with van der Waals surface area (Å²) in [6.07, 6.45) is 1.79. The standard InChI is InChI=1S/C8H20N4O2S/c9-3-1-4-11-5-2-6-12(8-7-11)15(10,13)14/h1-9H2,(H2,10,13,14). The van der Waals surface area contributed by atoms with E-state index < -0.39 is 10.2 Å². The van der Waals surface area contributed by atoms with Gasteiger partial charge in [-0.1, -0.05) is 0 Å². The van der Waals surface area contributed by atoms with E-state index in [0.717, 1.165) is 32.5 Å². The summed E-state index contributed by atoms with van der Waals surface area (Å²) in [5.74, 6) is 0. The number of nitrogens with zero attached hydrogens (tertiary/aromatic N) is 2. The van der Waals surface area contributed by atoms with E-state index in [1.807, 2.05) is 0 Å². The Bertz CT molecular complexity index is 280. The molecule has 0 aromatic heterocycles. The molecule has 0 bridgehead atoms. The van der Waals surface area contributed by atoms with Crippen LogP contribution in [0.1, 0.15) is 12.8 Å². The first-order valence-electron chi connectivity index (χ1n) is 5.24. The normalized spacial score (nSPS) is 21.5. The summed E-state index contributed by atoms with van der Waals surface area (Å²) in [7, 11) is -3.51. The molecule has 1 aliphatic heterocycles. The zero-order valence-corrected chi connectivity index (χ0v) is 9.75. The van der Waals surface area contributed by atoms with Gasteiger partial charge in [-0.2, -0.15) is 12.7 Å². The van der Waals surface area contributed by atoms with Crippen LogP contribution in [0.5, 0.6) is 0 Å². The van der Waals surface area contributed by atoms with E-state index in [0.29, 0.717) is 19.6 Å². The molecule has 90 valence electrons. The maximum atomic E-state index is 11.1. The van der Waals surface area contributed by atoms with Crippen molar-refractivity contribution in [1.82, 2.24) is 9.21 Å². The highest BCUT2D eigenvalue weighted by molar-refractivity contribution is 7.86. The van der Waals surface area contributed by atoms with Crippen molar-refractivity contribution in [2.24, 2.45) is 10.9 Å². The number of rotatable bonds is 4. The molecule has 0 spiro atoms. The van der Waals surface area contributed by atoms with Gasteiger partial charge in [-0.05, 0) is 32.5 Å². The van der Waals surface area contributed by atoms with E-state index in [1.54, 1.807) is 0 Å². The van der Waals surface area contributed by atoms with Gasteiger partial charge in [0.25, 0.3) is 10.2 Å². The molecule has 1 rings (SSSR count). The topological polar surface area (TPSA) is 92.7 Å². The number of hydrogen-bond donors (Lipinski definition) is 2. The van der Waals surface area contributed by atoms with Crippen LogP contribution in [0.3, 0.4) is 0 Å². The van der Waals surface area contributed by atoms with Crippen molar-refractivity contribution in [1.29, 1.82) is 0 Å². The van der Waals surface area contributed by atoms with Gasteiger partial charge >= 0.3 is 0 Å². The van der Waals surface area contributed by atoms with Gasteiger partial charge in [-0.3, -0.25) is 0 Å². The van der Waals surface area contributed by atoms with Crippen LogP contribution in [0, 0.1) is 0 Å². The van der Waals surface area contributed by atoms with Gasteiger partial charge in [-0.15, -0.1) is 0 Å². The highest BCUT2D eigenvalue weighted by atomic mass is 32.2. The molecule has 0 amide bonds. The molecule has 0 aromatic carbocycles. The molecule has 0 aliphatic carbocycles. The van der Waals surface area contributed by atoms with Crippen LogP contribution in [0.25, 0.3) is 0 Å². The second-order valence-corrected chi connectivity index (χ2v) is 5.33. The molecule has 0 aromatic rings. The summed E-state index contributed by atoms with van der Waals surface area (Å²) < 4.78 is 23.6. The van der Waals surface area contributed by atoms with Gasteiger partial charge in [0, 0.05) is 19.6 Å². The highest BCUT2D eigenvalue weighted by Gasteiger charge is 2.21. The summed E-state index contributed by atoms with van der Waals surface area (Å²) in [4.78, 5) is 2.23. The van der Waals surface area contributed by atoms with Gasteiger partial charge < -0.3 is 10.6 Å². The molecule has 0 atom stereocenters. The zero-order chi connectivity index (χ0) is 11.3. The van der Waals surface area contributed by atoms with E-state index in [4.69, 9.17) is 10.9 Å². The first-order valence-corrected chi connectivity index (χ1v) is 6.74. The molecule has 7 heteroatoms. The first kappa shape index (κ1) is 12.9. The minimum atomic E-state index is -3.51. The van der Waals surface area contributed by atoms with Crippen molar-refractivity contribution in [2.45, 2.75) is 12.8 Å². The molecule has 0 radical (unpaired) electrons. The van der Waals surface area contributed by atoms with E-state index in [-0.39, 0.29) is 0 Å². The molecule has 0 unspecified atom stereocenters. The van der Waals surface area contributed by atoms with Crippen LogP contribution in [0.4, 0.5) is 0 Å². The zero-order valence-electron chi connectivity index (χ0n) is 8.93. The Balaban J connectivity index is 2.42. The van der Waals surface area contributed by atoms with Gasteiger partial charge in [0.15, 0.2) is 0 Å². The lowest BCUT2D eigenvalue weighted by Gasteiger charge is -2.19. The SMILES string of the molecule is NCCCN1CCCN(S(N)(=O)=O)CC1. The van der Waals surface area contributed by atoms with Gasteiger partial charge in [0.1, 0.15) is 0 Å². The summed E-state index contributed by atoms with van der Waals surface area (Å²) in [6, 6.07) is 0.